The highest BCUT2D eigenvalue weighted by Gasteiger charge is 2.42. The Balaban J connectivity index is 1.86. The lowest BCUT2D eigenvalue weighted by atomic mass is 10.2. The molecule has 0 atom stereocenters. The van der Waals surface area contributed by atoms with Crippen LogP contribution in [0.2, 0.25) is 0 Å². The molecule has 0 fully saturated rings. The highest BCUT2D eigenvalue weighted by molar-refractivity contribution is 5.42. The molecule has 154 valence electrons. The standard InChI is InChI=1S/C17H10F8N4/c18-11-2-1-3-12(19)10(11)8-27-15-5-4-9(7-26-15)29-14(17(23,24)25)6-13(28-29)16(20,21)22/h1-7H,8H2,(H,26,27). The zero-order chi connectivity index (χ0) is 21.4. The third-order valence-corrected chi connectivity index (χ3v) is 3.79. The van der Waals surface area contributed by atoms with Crippen LogP contribution in [-0.4, -0.2) is 14.8 Å². The lowest BCUT2D eigenvalue weighted by Crippen LogP contribution is -2.13. The number of rotatable bonds is 4. The molecule has 2 heterocycles. The maximum Gasteiger partial charge on any atom is 0.435 e. The molecule has 0 aliphatic heterocycles. The van der Waals surface area contributed by atoms with Gasteiger partial charge in [-0.05, 0) is 24.3 Å². The molecule has 3 aromatic rings. The maximum absolute atomic E-state index is 13.6. The van der Waals surface area contributed by atoms with Gasteiger partial charge in [-0.25, -0.2) is 18.4 Å². The smallest absolute Gasteiger partial charge is 0.366 e. The summed E-state index contributed by atoms with van der Waals surface area (Å²) in [6, 6.07) is 5.35. The first-order chi connectivity index (χ1) is 13.5. The SMILES string of the molecule is Fc1cccc(F)c1CNc1ccc(-n2nc(C(F)(F)F)cc2C(F)(F)F)cn1. The van der Waals surface area contributed by atoms with Crippen LogP contribution in [0, 0.1) is 11.6 Å². The van der Waals surface area contributed by atoms with Gasteiger partial charge in [-0.3, -0.25) is 0 Å². The minimum atomic E-state index is -5.09. The number of alkyl halides is 6. The molecule has 2 aromatic heterocycles. The molecule has 3 rings (SSSR count). The second kappa shape index (κ2) is 7.33. The Labute approximate surface area is 157 Å². The fourth-order valence-electron chi connectivity index (χ4n) is 2.41. The Bertz CT molecular complexity index is 986. The fourth-order valence-corrected chi connectivity index (χ4v) is 2.41. The molecule has 1 aromatic carbocycles. The average molecular weight is 422 g/mol. The van der Waals surface area contributed by atoms with Crippen LogP contribution in [0.3, 0.4) is 0 Å². The monoisotopic (exact) mass is 422 g/mol. The summed E-state index contributed by atoms with van der Waals surface area (Å²) in [6.07, 6.45) is -9.30. The number of nitrogens with zero attached hydrogens (tertiary/aromatic N) is 3. The highest BCUT2D eigenvalue weighted by atomic mass is 19.4. The van der Waals surface area contributed by atoms with Gasteiger partial charge >= 0.3 is 12.4 Å². The van der Waals surface area contributed by atoms with Crippen LogP contribution in [-0.2, 0) is 18.9 Å². The van der Waals surface area contributed by atoms with Crippen molar-refractivity contribution in [1.82, 2.24) is 14.8 Å². The molecule has 0 aliphatic carbocycles. The Morgan fingerprint density at radius 2 is 1.55 bits per heavy atom. The topological polar surface area (TPSA) is 42.7 Å². The number of anilines is 1. The van der Waals surface area contributed by atoms with E-state index in [4.69, 9.17) is 0 Å². The number of benzene rings is 1. The van der Waals surface area contributed by atoms with Gasteiger partial charge in [-0.15, -0.1) is 0 Å². The van der Waals surface area contributed by atoms with Gasteiger partial charge in [0, 0.05) is 18.2 Å². The van der Waals surface area contributed by atoms with E-state index in [-0.39, 0.29) is 34.4 Å². The molecule has 0 saturated heterocycles. The molecule has 0 spiro atoms. The summed E-state index contributed by atoms with van der Waals surface area (Å²) in [6.45, 7) is -0.307. The van der Waals surface area contributed by atoms with Crippen molar-refractivity contribution >= 4 is 5.82 Å². The third kappa shape index (κ3) is 4.46. The first-order valence-corrected chi connectivity index (χ1v) is 7.84. The van der Waals surface area contributed by atoms with Crippen LogP contribution in [0.25, 0.3) is 5.69 Å². The zero-order valence-corrected chi connectivity index (χ0v) is 14.1. The molecule has 0 unspecified atom stereocenters. The van der Waals surface area contributed by atoms with Crippen molar-refractivity contribution in [3.8, 4) is 5.69 Å². The van der Waals surface area contributed by atoms with Crippen LogP contribution in [0.1, 0.15) is 17.0 Å². The van der Waals surface area contributed by atoms with E-state index in [1.165, 1.54) is 6.07 Å². The van der Waals surface area contributed by atoms with Crippen LogP contribution >= 0.6 is 0 Å². The van der Waals surface area contributed by atoms with Crippen LogP contribution in [0.15, 0.2) is 42.6 Å². The van der Waals surface area contributed by atoms with Gasteiger partial charge in [0.15, 0.2) is 5.69 Å². The van der Waals surface area contributed by atoms with Crippen molar-refractivity contribution < 1.29 is 35.1 Å². The van der Waals surface area contributed by atoms with E-state index >= 15 is 0 Å². The first kappa shape index (κ1) is 20.6. The van der Waals surface area contributed by atoms with Crippen LogP contribution < -0.4 is 5.32 Å². The second-order valence-corrected chi connectivity index (χ2v) is 5.78. The highest BCUT2D eigenvalue weighted by Crippen LogP contribution is 2.36. The van der Waals surface area contributed by atoms with E-state index in [1.54, 1.807) is 0 Å². The van der Waals surface area contributed by atoms with Gasteiger partial charge in [0.2, 0.25) is 0 Å². The Morgan fingerprint density at radius 3 is 2.07 bits per heavy atom. The molecule has 0 amide bonds. The number of nitrogens with one attached hydrogen (secondary N) is 1. The molecular weight excluding hydrogens is 412 g/mol. The van der Waals surface area contributed by atoms with Gasteiger partial charge in [-0.1, -0.05) is 6.07 Å². The summed E-state index contributed by atoms with van der Waals surface area (Å²) in [7, 11) is 0. The molecule has 1 N–H and O–H groups in total. The number of hydrogen-bond acceptors (Lipinski definition) is 3. The van der Waals surface area contributed by atoms with Crippen molar-refractivity contribution in [3.05, 3.63) is 71.2 Å². The van der Waals surface area contributed by atoms with Gasteiger partial charge in [0.25, 0.3) is 0 Å². The predicted octanol–water partition coefficient (Wildman–Crippen LogP) is 5.20. The van der Waals surface area contributed by atoms with E-state index in [2.05, 4.69) is 15.4 Å². The van der Waals surface area contributed by atoms with Crippen molar-refractivity contribution in [2.75, 3.05) is 5.32 Å². The van der Waals surface area contributed by atoms with E-state index in [9.17, 15) is 35.1 Å². The Kier molecular flexibility index (Phi) is 5.20. The lowest BCUT2D eigenvalue weighted by molar-refractivity contribution is -0.143. The minimum Gasteiger partial charge on any atom is -0.366 e. The summed E-state index contributed by atoms with van der Waals surface area (Å²) in [5.41, 5.74) is -3.99. The molecule has 0 radical (unpaired) electrons. The average Bonchev–Trinajstić information content (AvgIpc) is 3.08. The van der Waals surface area contributed by atoms with Crippen molar-refractivity contribution in [2.45, 2.75) is 18.9 Å². The van der Waals surface area contributed by atoms with Gasteiger partial charge in [0.1, 0.15) is 23.1 Å². The fraction of sp³-hybridized carbons (Fsp3) is 0.176. The van der Waals surface area contributed by atoms with Gasteiger partial charge in [0.05, 0.1) is 11.9 Å². The van der Waals surface area contributed by atoms with Crippen molar-refractivity contribution in [2.24, 2.45) is 0 Å². The largest absolute Gasteiger partial charge is 0.435 e. The van der Waals surface area contributed by atoms with E-state index in [0.717, 1.165) is 30.5 Å². The van der Waals surface area contributed by atoms with Crippen LogP contribution in [0.4, 0.5) is 40.9 Å². The summed E-state index contributed by atoms with van der Waals surface area (Å²) in [5.74, 6) is -1.58. The van der Waals surface area contributed by atoms with Crippen LogP contribution in [0.5, 0.6) is 0 Å². The number of hydrogen-bond donors (Lipinski definition) is 1. The Hall–Kier alpha value is -3.18. The minimum absolute atomic E-state index is 0.0353. The van der Waals surface area contributed by atoms with E-state index in [0.29, 0.717) is 0 Å². The van der Waals surface area contributed by atoms with E-state index in [1.807, 2.05) is 0 Å². The van der Waals surface area contributed by atoms with Gasteiger partial charge in [-0.2, -0.15) is 31.4 Å². The van der Waals surface area contributed by atoms with Crippen molar-refractivity contribution in [1.29, 1.82) is 0 Å². The normalized spacial score (nSPS) is 12.3. The summed E-state index contributed by atoms with van der Waals surface area (Å²) in [4.78, 5) is 3.76. The molecule has 29 heavy (non-hydrogen) atoms. The van der Waals surface area contributed by atoms with Gasteiger partial charge < -0.3 is 5.32 Å². The lowest BCUT2D eigenvalue weighted by Gasteiger charge is -2.11. The quantitative estimate of drug-likeness (QED) is 0.589. The Morgan fingerprint density at radius 1 is 0.897 bits per heavy atom. The molecule has 0 bridgehead atoms. The molecule has 4 nitrogen and oxygen atoms in total. The summed E-state index contributed by atoms with van der Waals surface area (Å²) in [5, 5.41) is 5.55. The predicted molar refractivity (Wildman–Crippen MR) is 85.0 cm³/mol. The summed E-state index contributed by atoms with van der Waals surface area (Å²) >= 11 is 0. The number of halogens is 8. The molecule has 0 saturated carbocycles. The third-order valence-electron chi connectivity index (χ3n) is 3.79. The van der Waals surface area contributed by atoms with Crippen molar-refractivity contribution in [3.63, 3.8) is 0 Å². The first-order valence-electron chi connectivity index (χ1n) is 7.84. The number of pyridine rings is 1. The molecular formula is C17H10F8N4. The second-order valence-electron chi connectivity index (χ2n) is 5.78. The number of aromatic nitrogens is 3. The zero-order valence-electron chi connectivity index (χ0n) is 14.1. The molecule has 0 aliphatic rings. The summed E-state index contributed by atoms with van der Waals surface area (Å²) < 4.78 is 105. The maximum atomic E-state index is 13.6. The van der Waals surface area contributed by atoms with E-state index < -0.39 is 35.4 Å². The molecule has 12 heteroatoms.